The number of nitrogens with zero attached hydrogens (tertiary/aromatic N) is 3. The molecule has 0 aliphatic heterocycles. The smallest absolute Gasteiger partial charge is 0.203 e. The van der Waals surface area contributed by atoms with Gasteiger partial charge in [0.05, 0.1) is 6.54 Å². The second-order valence-corrected chi connectivity index (χ2v) is 4.51. The van der Waals surface area contributed by atoms with E-state index in [2.05, 4.69) is 33.7 Å². The molecule has 80 valence electrons. The van der Waals surface area contributed by atoms with Crippen LogP contribution in [-0.4, -0.2) is 14.5 Å². The Labute approximate surface area is 93.0 Å². The van der Waals surface area contributed by atoms with Gasteiger partial charge in [-0.3, -0.25) is 0 Å². The Hall–Kier alpha value is -1.36. The number of hydrogen-bond acceptors (Lipinski definition) is 4. The van der Waals surface area contributed by atoms with Gasteiger partial charge < -0.3 is 9.88 Å². The molecule has 0 atom stereocenters. The van der Waals surface area contributed by atoms with E-state index in [0.717, 1.165) is 17.5 Å². The van der Waals surface area contributed by atoms with Crippen LogP contribution < -0.4 is 5.32 Å². The first-order valence-electron chi connectivity index (χ1n) is 4.92. The van der Waals surface area contributed by atoms with Crippen molar-refractivity contribution < 1.29 is 0 Å². The molecule has 15 heavy (non-hydrogen) atoms. The molecule has 0 aliphatic rings. The SMILES string of the molecule is CC(C)n1ccnc1NCc1nccs1. The first-order valence-corrected chi connectivity index (χ1v) is 5.80. The zero-order valence-electron chi connectivity index (χ0n) is 8.84. The van der Waals surface area contributed by atoms with Crippen LogP contribution in [0.25, 0.3) is 0 Å². The molecular formula is C10H14N4S. The topological polar surface area (TPSA) is 42.7 Å². The van der Waals surface area contributed by atoms with Crippen LogP contribution in [-0.2, 0) is 6.54 Å². The molecule has 0 radical (unpaired) electrons. The fraction of sp³-hybridized carbons (Fsp3) is 0.400. The van der Waals surface area contributed by atoms with Gasteiger partial charge in [-0.1, -0.05) is 0 Å². The molecule has 2 heterocycles. The maximum absolute atomic E-state index is 4.27. The summed E-state index contributed by atoms with van der Waals surface area (Å²) in [5, 5.41) is 6.33. The van der Waals surface area contributed by atoms with Crippen LogP contribution in [0.4, 0.5) is 5.95 Å². The van der Waals surface area contributed by atoms with Gasteiger partial charge in [-0.25, -0.2) is 9.97 Å². The van der Waals surface area contributed by atoms with Gasteiger partial charge in [0.25, 0.3) is 0 Å². The van der Waals surface area contributed by atoms with Gasteiger partial charge in [0.1, 0.15) is 5.01 Å². The number of hydrogen-bond donors (Lipinski definition) is 1. The van der Waals surface area contributed by atoms with E-state index in [0.29, 0.717) is 6.04 Å². The summed E-state index contributed by atoms with van der Waals surface area (Å²) in [4.78, 5) is 8.47. The Morgan fingerprint density at radius 2 is 2.27 bits per heavy atom. The summed E-state index contributed by atoms with van der Waals surface area (Å²) in [6.07, 6.45) is 5.61. The maximum atomic E-state index is 4.27. The number of thiazole rings is 1. The average molecular weight is 222 g/mol. The van der Waals surface area contributed by atoms with E-state index in [1.807, 2.05) is 24.0 Å². The second-order valence-electron chi connectivity index (χ2n) is 3.53. The summed E-state index contributed by atoms with van der Waals surface area (Å²) in [6, 6.07) is 0.422. The maximum Gasteiger partial charge on any atom is 0.203 e. The highest BCUT2D eigenvalue weighted by Crippen LogP contribution is 2.14. The molecule has 0 spiro atoms. The van der Waals surface area contributed by atoms with Gasteiger partial charge in [0.2, 0.25) is 5.95 Å². The minimum absolute atomic E-state index is 0.422. The highest BCUT2D eigenvalue weighted by Gasteiger charge is 2.05. The minimum Gasteiger partial charge on any atom is -0.349 e. The highest BCUT2D eigenvalue weighted by atomic mass is 32.1. The summed E-state index contributed by atoms with van der Waals surface area (Å²) in [5.41, 5.74) is 0. The molecule has 5 heteroatoms. The molecular weight excluding hydrogens is 208 g/mol. The second kappa shape index (κ2) is 4.44. The zero-order chi connectivity index (χ0) is 10.7. The standard InChI is InChI=1S/C10H14N4S/c1-8(2)14-5-3-12-10(14)13-7-9-11-4-6-15-9/h3-6,8H,7H2,1-2H3,(H,12,13). The van der Waals surface area contributed by atoms with Crippen LogP contribution in [0.15, 0.2) is 24.0 Å². The van der Waals surface area contributed by atoms with Crippen molar-refractivity contribution in [3.63, 3.8) is 0 Å². The van der Waals surface area contributed by atoms with Crippen molar-refractivity contribution in [2.75, 3.05) is 5.32 Å². The minimum atomic E-state index is 0.422. The summed E-state index contributed by atoms with van der Waals surface area (Å²) in [5.74, 6) is 0.903. The van der Waals surface area contributed by atoms with Crippen molar-refractivity contribution in [2.45, 2.75) is 26.4 Å². The number of rotatable bonds is 4. The number of anilines is 1. The molecule has 2 aromatic rings. The molecule has 2 aromatic heterocycles. The summed E-state index contributed by atoms with van der Waals surface area (Å²) < 4.78 is 2.10. The molecule has 0 saturated heterocycles. The van der Waals surface area contributed by atoms with E-state index >= 15 is 0 Å². The van der Waals surface area contributed by atoms with Crippen molar-refractivity contribution in [3.05, 3.63) is 29.0 Å². The monoisotopic (exact) mass is 222 g/mol. The molecule has 1 N–H and O–H groups in total. The predicted octanol–water partition coefficient (Wildman–Crippen LogP) is 2.53. The summed E-state index contributed by atoms with van der Waals surface area (Å²) >= 11 is 1.65. The molecule has 0 amide bonds. The van der Waals surface area contributed by atoms with E-state index in [9.17, 15) is 0 Å². The Morgan fingerprint density at radius 3 is 2.93 bits per heavy atom. The van der Waals surface area contributed by atoms with E-state index in [4.69, 9.17) is 0 Å². The van der Waals surface area contributed by atoms with Gasteiger partial charge in [0.15, 0.2) is 0 Å². The third kappa shape index (κ3) is 2.36. The van der Waals surface area contributed by atoms with E-state index in [-0.39, 0.29) is 0 Å². The number of imidazole rings is 1. The van der Waals surface area contributed by atoms with Crippen molar-refractivity contribution in [3.8, 4) is 0 Å². The quantitative estimate of drug-likeness (QED) is 0.864. The number of aromatic nitrogens is 3. The lowest BCUT2D eigenvalue weighted by molar-refractivity contribution is 0.604. The summed E-state index contributed by atoms with van der Waals surface area (Å²) in [7, 11) is 0. The Balaban J connectivity index is 2.02. The lowest BCUT2D eigenvalue weighted by atomic mass is 10.4. The van der Waals surface area contributed by atoms with E-state index in [1.54, 1.807) is 11.3 Å². The third-order valence-corrected chi connectivity index (χ3v) is 2.89. The van der Waals surface area contributed by atoms with Crippen molar-refractivity contribution in [1.82, 2.24) is 14.5 Å². The van der Waals surface area contributed by atoms with E-state index < -0.39 is 0 Å². The molecule has 0 bridgehead atoms. The number of nitrogens with one attached hydrogen (secondary N) is 1. The van der Waals surface area contributed by atoms with Gasteiger partial charge in [0, 0.05) is 30.0 Å². The van der Waals surface area contributed by atoms with Crippen LogP contribution in [0.2, 0.25) is 0 Å². The lowest BCUT2D eigenvalue weighted by Gasteiger charge is -2.11. The molecule has 0 aliphatic carbocycles. The average Bonchev–Trinajstić information content (AvgIpc) is 2.86. The Bertz CT molecular complexity index is 405. The van der Waals surface area contributed by atoms with Gasteiger partial charge >= 0.3 is 0 Å². The molecule has 0 saturated carbocycles. The van der Waals surface area contributed by atoms with Gasteiger partial charge in [-0.05, 0) is 13.8 Å². The van der Waals surface area contributed by atoms with Crippen LogP contribution in [0.1, 0.15) is 24.9 Å². The fourth-order valence-corrected chi connectivity index (χ4v) is 1.92. The molecule has 0 unspecified atom stereocenters. The van der Waals surface area contributed by atoms with Crippen LogP contribution in [0.3, 0.4) is 0 Å². The van der Waals surface area contributed by atoms with Gasteiger partial charge in [-0.15, -0.1) is 11.3 Å². The first-order chi connectivity index (χ1) is 7.27. The highest BCUT2D eigenvalue weighted by molar-refractivity contribution is 7.09. The zero-order valence-corrected chi connectivity index (χ0v) is 9.66. The normalized spacial score (nSPS) is 10.9. The predicted molar refractivity (Wildman–Crippen MR) is 62.1 cm³/mol. The van der Waals surface area contributed by atoms with Crippen LogP contribution in [0.5, 0.6) is 0 Å². The van der Waals surface area contributed by atoms with E-state index in [1.165, 1.54) is 0 Å². The van der Waals surface area contributed by atoms with Crippen molar-refractivity contribution in [2.24, 2.45) is 0 Å². The Kier molecular flexibility index (Phi) is 3.01. The largest absolute Gasteiger partial charge is 0.349 e. The lowest BCUT2D eigenvalue weighted by Crippen LogP contribution is -2.08. The molecule has 2 rings (SSSR count). The van der Waals surface area contributed by atoms with Crippen LogP contribution in [0, 0.1) is 0 Å². The molecule has 0 aromatic carbocycles. The molecule has 4 nitrogen and oxygen atoms in total. The van der Waals surface area contributed by atoms with Crippen molar-refractivity contribution in [1.29, 1.82) is 0 Å². The third-order valence-electron chi connectivity index (χ3n) is 2.11. The summed E-state index contributed by atoms with van der Waals surface area (Å²) in [6.45, 7) is 5.01. The van der Waals surface area contributed by atoms with Gasteiger partial charge in [-0.2, -0.15) is 0 Å². The van der Waals surface area contributed by atoms with Crippen LogP contribution >= 0.6 is 11.3 Å². The fourth-order valence-electron chi connectivity index (χ4n) is 1.36. The van der Waals surface area contributed by atoms with Crippen molar-refractivity contribution >= 4 is 17.3 Å². The molecule has 0 fully saturated rings. The Morgan fingerprint density at radius 1 is 1.40 bits per heavy atom. The first kappa shape index (κ1) is 10.2.